The summed E-state index contributed by atoms with van der Waals surface area (Å²) in [7, 11) is 1.55. The second-order valence-corrected chi connectivity index (χ2v) is 10.0. The Balaban J connectivity index is 1.49. The van der Waals surface area contributed by atoms with Crippen molar-refractivity contribution in [1.29, 1.82) is 0 Å². The van der Waals surface area contributed by atoms with E-state index in [-0.39, 0.29) is 17.2 Å². The lowest BCUT2D eigenvalue weighted by Gasteiger charge is -2.30. The molecule has 3 heterocycles. The van der Waals surface area contributed by atoms with Crippen molar-refractivity contribution in [1.82, 2.24) is 9.88 Å². The Morgan fingerprint density at radius 2 is 1.79 bits per heavy atom. The average Bonchev–Trinajstić information content (AvgIpc) is 3.28. The van der Waals surface area contributed by atoms with E-state index in [0.29, 0.717) is 26.9 Å². The third kappa shape index (κ3) is 3.86. The van der Waals surface area contributed by atoms with Gasteiger partial charge in [-0.2, -0.15) is 0 Å². The zero-order valence-corrected chi connectivity index (χ0v) is 19.4. The number of benzene rings is 2. The van der Waals surface area contributed by atoms with E-state index in [1.807, 2.05) is 0 Å². The summed E-state index contributed by atoms with van der Waals surface area (Å²) in [5, 5.41) is 14.6. The summed E-state index contributed by atoms with van der Waals surface area (Å²) in [5.41, 5.74) is 1.26. The first-order chi connectivity index (χ1) is 16.4. The first kappa shape index (κ1) is 22.2. The number of phenolic OH excluding ortho intramolecular Hbond substituents is 1. The van der Waals surface area contributed by atoms with E-state index in [4.69, 9.17) is 4.74 Å². The molecular formula is C23H19N3O6S2. The summed E-state index contributed by atoms with van der Waals surface area (Å²) in [6.45, 7) is -0.237. The lowest BCUT2D eigenvalue weighted by Crippen LogP contribution is -2.32. The largest absolute Gasteiger partial charge is 0.508 e. The van der Waals surface area contributed by atoms with Gasteiger partial charge in [-0.05, 0) is 42.0 Å². The quantitative estimate of drug-likeness (QED) is 0.461. The van der Waals surface area contributed by atoms with E-state index in [9.17, 15) is 24.3 Å². The number of amides is 3. The molecule has 5 rings (SSSR count). The van der Waals surface area contributed by atoms with Crippen LogP contribution in [0.25, 0.3) is 0 Å². The van der Waals surface area contributed by atoms with Gasteiger partial charge in [0.1, 0.15) is 23.3 Å². The Labute approximate surface area is 201 Å². The van der Waals surface area contributed by atoms with Gasteiger partial charge >= 0.3 is 4.87 Å². The van der Waals surface area contributed by atoms with Gasteiger partial charge in [0, 0.05) is 16.5 Å². The van der Waals surface area contributed by atoms with Gasteiger partial charge in [-0.3, -0.25) is 29.1 Å². The maximum Gasteiger partial charge on any atom is 0.308 e. The highest BCUT2D eigenvalue weighted by molar-refractivity contribution is 8.00. The minimum absolute atomic E-state index is 0.0682. The van der Waals surface area contributed by atoms with Gasteiger partial charge in [0.05, 0.1) is 18.1 Å². The van der Waals surface area contributed by atoms with Crippen molar-refractivity contribution in [2.24, 2.45) is 5.92 Å². The molecule has 0 aliphatic carbocycles. The topological polar surface area (TPSA) is 127 Å². The van der Waals surface area contributed by atoms with Crippen molar-refractivity contribution in [3.8, 4) is 11.5 Å². The van der Waals surface area contributed by atoms with Gasteiger partial charge in [0.25, 0.3) is 0 Å². The molecule has 2 aliphatic rings. The molecule has 11 heteroatoms. The zero-order valence-electron chi connectivity index (χ0n) is 17.8. The van der Waals surface area contributed by atoms with Crippen molar-refractivity contribution in [2.75, 3.05) is 12.4 Å². The fourth-order valence-corrected chi connectivity index (χ4v) is 6.98. The van der Waals surface area contributed by atoms with E-state index >= 15 is 0 Å². The second-order valence-electron chi connectivity index (χ2n) is 7.89. The van der Waals surface area contributed by atoms with Crippen LogP contribution in [0.5, 0.6) is 11.5 Å². The number of imide groups is 1. The number of methoxy groups -OCH3 is 1. The van der Waals surface area contributed by atoms with Crippen LogP contribution in [-0.2, 0) is 20.9 Å². The van der Waals surface area contributed by atoms with Crippen LogP contribution < -0.4 is 20.2 Å². The van der Waals surface area contributed by atoms with E-state index < -0.39 is 34.8 Å². The number of anilines is 1. The average molecular weight is 498 g/mol. The van der Waals surface area contributed by atoms with Gasteiger partial charge in [-0.15, -0.1) is 0 Å². The number of nitrogens with one attached hydrogen (secondary N) is 2. The smallest absolute Gasteiger partial charge is 0.308 e. The molecular weight excluding hydrogens is 478 g/mol. The lowest BCUT2D eigenvalue weighted by molar-refractivity contribution is -0.126. The zero-order chi connectivity index (χ0) is 24.0. The number of hydrogen-bond donors (Lipinski definition) is 3. The van der Waals surface area contributed by atoms with Crippen molar-refractivity contribution >= 4 is 46.5 Å². The Kier molecular flexibility index (Phi) is 5.66. The SMILES string of the molecule is COc1ccc(NC(=O)Cn2c3c(sc2=O)[C@@H](c2ccc(O)cc2)C2C(=O)NC(=O)C2S3)cc1. The fourth-order valence-electron chi connectivity index (χ4n) is 4.23. The van der Waals surface area contributed by atoms with Crippen LogP contribution in [0.2, 0.25) is 0 Å². The summed E-state index contributed by atoms with van der Waals surface area (Å²) in [6.07, 6.45) is 0. The first-order valence-corrected chi connectivity index (χ1v) is 12.0. The molecule has 1 aromatic heterocycles. The maximum atomic E-state index is 12.9. The number of hydrogen-bond acceptors (Lipinski definition) is 8. The van der Waals surface area contributed by atoms with Crippen LogP contribution in [0.4, 0.5) is 5.69 Å². The fraction of sp³-hybridized carbons (Fsp3) is 0.217. The number of carbonyl (C=O) groups is 3. The minimum Gasteiger partial charge on any atom is -0.508 e. The number of aromatic nitrogens is 1. The molecule has 0 bridgehead atoms. The molecule has 1 fully saturated rings. The molecule has 3 aromatic rings. The number of thioether (sulfide) groups is 1. The predicted molar refractivity (Wildman–Crippen MR) is 126 cm³/mol. The Morgan fingerprint density at radius 3 is 2.47 bits per heavy atom. The van der Waals surface area contributed by atoms with Crippen molar-refractivity contribution in [2.45, 2.75) is 22.7 Å². The normalized spacial score (nSPS) is 20.9. The van der Waals surface area contributed by atoms with Crippen LogP contribution in [0.15, 0.2) is 58.4 Å². The number of phenols is 1. The molecule has 1 saturated heterocycles. The van der Waals surface area contributed by atoms with Gasteiger partial charge in [0.15, 0.2) is 0 Å². The molecule has 3 amide bonds. The van der Waals surface area contributed by atoms with Gasteiger partial charge in [-0.1, -0.05) is 35.2 Å². The molecule has 34 heavy (non-hydrogen) atoms. The molecule has 174 valence electrons. The van der Waals surface area contributed by atoms with Gasteiger partial charge in [-0.25, -0.2) is 0 Å². The van der Waals surface area contributed by atoms with E-state index in [2.05, 4.69) is 10.6 Å². The van der Waals surface area contributed by atoms with Gasteiger partial charge < -0.3 is 15.2 Å². The molecule has 9 nitrogen and oxygen atoms in total. The molecule has 0 spiro atoms. The third-order valence-corrected chi connectivity index (χ3v) is 8.43. The van der Waals surface area contributed by atoms with Crippen LogP contribution >= 0.6 is 23.1 Å². The third-order valence-electron chi connectivity index (χ3n) is 5.82. The van der Waals surface area contributed by atoms with E-state index in [1.165, 1.54) is 16.7 Å². The summed E-state index contributed by atoms with van der Waals surface area (Å²) < 4.78 is 6.46. The van der Waals surface area contributed by atoms with Crippen molar-refractivity contribution < 1.29 is 24.2 Å². The summed E-state index contributed by atoms with van der Waals surface area (Å²) in [4.78, 5) is 51.1. The lowest BCUT2D eigenvalue weighted by atomic mass is 9.83. The molecule has 0 radical (unpaired) electrons. The number of aromatic hydroxyl groups is 1. The molecule has 2 unspecified atom stereocenters. The predicted octanol–water partition coefficient (Wildman–Crippen LogP) is 2.14. The van der Waals surface area contributed by atoms with Crippen LogP contribution in [0, 0.1) is 5.92 Å². The highest BCUT2D eigenvalue weighted by atomic mass is 32.2. The van der Waals surface area contributed by atoms with Crippen LogP contribution in [0.3, 0.4) is 0 Å². The van der Waals surface area contributed by atoms with Crippen LogP contribution in [0.1, 0.15) is 16.4 Å². The minimum atomic E-state index is -0.719. The van der Waals surface area contributed by atoms with E-state index in [0.717, 1.165) is 23.1 Å². The monoisotopic (exact) mass is 497 g/mol. The molecule has 0 saturated carbocycles. The Hall–Kier alpha value is -3.57. The van der Waals surface area contributed by atoms with Gasteiger partial charge in [0.2, 0.25) is 17.7 Å². The number of nitrogens with zero attached hydrogens (tertiary/aromatic N) is 1. The number of rotatable bonds is 5. The maximum absolute atomic E-state index is 12.9. The molecule has 2 aromatic carbocycles. The molecule has 3 atom stereocenters. The number of ether oxygens (including phenoxy) is 1. The van der Waals surface area contributed by atoms with Crippen molar-refractivity contribution in [3.63, 3.8) is 0 Å². The summed E-state index contributed by atoms with van der Waals surface area (Å²) in [5.74, 6) is -1.72. The van der Waals surface area contributed by atoms with Crippen LogP contribution in [-0.4, -0.2) is 39.8 Å². The van der Waals surface area contributed by atoms with E-state index in [1.54, 1.807) is 43.5 Å². The summed E-state index contributed by atoms with van der Waals surface area (Å²) in [6, 6.07) is 13.2. The standard InChI is InChI=1S/C23H19N3O6S2/c1-32-14-8-4-12(5-9-14)24-15(28)10-26-22-19(34-23(26)31)16(11-2-6-13(27)7-3-11)17-18(33-22)21(30)25-20(17)29/h2-9,16-18,27H,10H2,1H3,(H,24,28)(H,25,29,30)/t16-,17?,18?/m0/s1. The second kappa shape index (κ2) is 8.65. The molecule has 2 aliphatic heterocycles. The Morgan fingerprint density at radius 1 is 1.09 bits per heavy atom. The van der Waals surface area contributed by atoms with Crippen molar-refractivity contribution in [3.05, 3.63) is 68.6 Å². The Bertz CT molecular complexity index is 1350. The highest BCUT2D eigenvalue weighted by Crippen LogP contribution is 2.51. The molecule has 3 N–H and O–H groups in total. The number of fused-ring (bicyclic) bond motifs is 2. The number of carbonyl (C=O) groups excluding carboxylic acids is 3. The summed E-state index contributed by atoms with van der Waals surface area (Å²) >= 11 is 2.10. The first-order valence-electron chi connectivity index (χ1n) is 10.3. The highest BCUT2D eigenvalue weighted by Gasteiger charge is 2.52. The number of thiazole rings is 1.